The molecule has 0 bridgehead atoms. The Hall–Kier alpha value is 0.340. The van der Waals surface area contributed by atoms with Crippen LogP contribution in [0.25, 0.3) is 0 Å². The highest BCUT2D eigenvalue weighted by Gasteiger charge is 2.00. The van der Waals surface area contributed by atoms with Crippen LogP contribution in [0.3, 0.4) is 0 Å². The van der Waals surface area contributed by atoms with Crippen molar-refractivity contribution in [3.05, 3.63) is 12.2 Å². The highest BCUT2D eigenvalue weighted by atomic mass is 127. The van der Waals surface area contributed by atoms with E-state index in [1.807, 2.05) is 6.92 Å². The summed E-state index contributed by atoms with van der Waals surface area (Å²) in [6.45, 7) is 7.35. The number of hydrogen-bond acceptors (Lipinski definition) is 2. The van der Waals surface area contributed by atoms with E-state index in [0.717, 1.165) is 12.1 Å². The van der Waals surface area contributed by atoms with Crippen LogP contribution in [0.5, 0.6) is 0 Å². The topological polar surface area (TPSA) is 3.24 Å². The Morgan fingerprint density at radius 3 is 2.80 bits per heavy atom. The molecule has 0 N–H and O–H groups in total. The first-order valence-corrected chi connectivity index (χ1v) is 6.13. The summed E-state index contributed by atoms with van der Waals surface area (Å²) >= 11 is 2.21. The second kappa shape index (κ2) is 6.08. The predicted molar refractivity (Wildman–Crippen MR) is 56.8 cm³/mol. The van der Waals surface area contributed by atoms with Gasteiger partial charge in [-0.05, 0) is 16.0 Å². The highest BCUT2D eigenvalue weighted by Crippen LogP contribution is 2.18. The number of nitrogens with zero attached hydrogens (tertiary/aromatic N) is 1. The molecule has 0 saturated heterocycles. The van der Waals surface area contributed by atoms with Crippen LogP contribution >= 0.6 is 30.3 Å². The molecule has 10 heavy (non-hydrogen) atoms. The maximum absolute atomic E-state index is 5.14. The summed E-state index contributed by atoms with van der Waals surface area (Å²) in [6, 6.07) is 0. The first-order chi connectivity index (χ1) is 4.70. The predicted octanol–water partition coefficient (Wildman–Crippen LogP) is 2.50. The number of rotatable bonds is 4. The average molecular weight is 267 g/mol. The van der Waals surface area contributed by atoms with Crippen molar-refractivity contribution in [2.75, 3.05) is 13.1 Å². The smallest absolute Gasteiger partial charge is 0.0710 e. The molecule has 0 aromatic carbocycles. The van der Waals surface area contributed by atoms with Crippen molar-refractivity contribution in [3.8, 4) is 12.3 Å². The Kier molecular flexibility index (Phi) is 6.28. The fourth-order valence-corrected chi connectivity index (χ4v) is 1.74. The monoisotopic (exact) mass is 267 g/mol. The van der Waals surface area contributed by atoms with Crippen molar-refractivity contribution >= 4 is 30.3 Å². The molecule has 0 heterocycles. The molecular formula is C7H10INS. The van der Waals surface area contributed by atoms with Gasteiger partial charge in [0.1, 0.15) is 0 Å². The molecule has 56 valence electrons. The number of halogens is 1. The Labute approximate surface area is 79.0 Å². The van der Waals surface area contributed by atoms with Gasteiger partial charge in [0.05, 0.1) is 6.54 Å². The molecule has 0 aliphatic rings. The van der Waals surface area contributed by atoms with Gasteiger partial charge in [-0.2, -0.15) is 0 Å². The standard InChI is InChI=1S/C7H10INS/c1-4-5-9(10-8)6-7(2)3/h1H,2,5-6H2,3H3. The van der Waals surface area contributed by atoms with E-state index in [2.05, 4.69) is 38.0 Å². The lowest BCUT2D eigenvalue weighted by Gasteiger charge is -2.13. The van der Waals surface area contributed by atoms with E-state index >= 15 is 0 Å². The van der Waals surface area contributed by atoms with Gasteiger partial charge >= 0.3 is 0 Å². The average Bonchev–Trinajstić information content (AvgIpc) is 1.86. The third-order valence-electron chi connectivity index (χ3n) is 0.812. The molecule has 0 unspecified atom stereocenters. The van der Waals surface area contributed by atoms with E-state index in [1.54, 1.807) is 9.12 Å². The summed E-state index contributed by atoms with van der Waals surface area (Å²) in [5, 5.41) is 0. The van der Waals surface area contributed by atoms with Crippen LogP contribution in [0.15, 0.2) is 12.2 Å². The van der Waals surface area contributed by atoms with E-state index in [1.165, 1.54) is 0 Å². The summed E-state index contributed by atoms with van der Waals surface area (Å²) in [5.41, 5.74) is 1.14. The fourth-order valence-electron chi connectivity index (χ4n) is 0.508. The second-order valence-corrected chi connectivity index (χ2v) is 3.86. The first-order valence-electron chi connectivity index (χ1n) is 2.82. The second-order valence-electron chi connectivity index (χ2n) is 2.03. The van der Waals surface area contributed by atoms with Crippen molar-refractivity contribution in [2.24, 2.45) is 0 Å². The molecule has 0 rings (SSSR count). The van der Waals surface area contributed by atoms with Gasteiger partial charge in [-0.3, -0.25) is 0 Å². The number of hydrogen-bond donors (Lipinski definition) is 0. The van der Waals surface area contributed by atoms with Gasteiger partial charge in [-0.1, -0.05) is 18.1 Å². The van der Waals surface area contributed by atoms with Gasteiger partial charge in [0.15, 0.2) is 0 Å². The summed E-state index contributed by atoms with van der Waals surface area (Å²) in [7, 11) is 1.62. The normalized spacial score (nSPS) is 9.40. The summed E-state index contributed by atoms with van der Waals surface area (Å²) < 4.78 is 2.07. The van der Waals surface area contributed by atoms with Crippen LogP contribution in [0.1, 0.15) is 6.92 Å². The Bertz CT molecular complexity index is 150. The van der Waals surface area contributed by atoms with Gasteiger partial charge < -0.3 is 0 Å². The third kappa shape index (κ3) is 5.15. The zero-order valence-corrected chi connectivity index (χ0v) is 8.91. The Balaban J connectivity index is 3.62. The van der Waals surface area contributed by atoms with Crippen molar-refractivity contribution in [2.45, 2.75) is 6.92 Å². The number of terminal acetylenes is 1. The van der Waals surface area contributed by atoms with Crippen molar-refractivity contribution in [1.82, 2.24) is 4.31 Å². The molecule has 0 atom stereocenters. The molecule has 0 aromatic rings. The lowest BCUT2D eigenvalue weighted by molar-refractivity contribution is 0.580. The minimum atomic E-state index is 0.681. The lowest BCUT2D eigenvalue weighted by Crippen LogP contribution is -2.15. The van der Waals surface area contributed by atoms with Crippen LogP contribution in [-0.4, -0.2) is 17.4 Å². The summed E-state index contributed by atoms with van der Waals surface area (Å²) in [5.74, 6) is 2.58. The minimum Gasteiger partial charge on any atom is -0.226 e. The van der Waals surface area contributed by atoms with Gasteiger partial charge in [0.2, 0.25) is 0 Å². The minimum absolute atomic E-state index is 0.681. The maximum Gasteiger partial charge on any atom is 0.0710 e. The largest absolute Gasteiger partial charge is 0.226 e. The molecular weight excluding hydrogens is 257 g/mol. The van der Waals surface area contributed by atoms with Gasteiger partial charge in [-0.25, -0.2) is 4.31 Å². The molecule has 0 aliphatic carbocycles. The molecule has 3 heteroatoms. The van der Waals surface area contributed by atoms with E-state index in [0.29, 0.717) is 6.54 Å². The van der Waals surface area contributed by atoms with Crippen molar-refractivity contribution in [3.63, 3.8) is 0 Å². The van der Waals surface area contributed by atoms with Crippen LogP contribution in [0, 0.1) is 12.3 Å². The van der Waals surface area contributed by atoms with E-state index in [4.69, 9.17) is 6.42 Å². The van der Waals surface area contributed by atoms with E-state index in [9.17, 15) is 0 Å². The highest BCUT2D eigenvalue weighted by molar-refractivity contribution is 14.2. The van der Waals surface area contributed by atoms with E-state index in [-0.39, 0.29) is 0 Å². The molecule has 0 aliphatic heterocycles. The van der Waals surface area contributed by atoms with Crippen LogP contribution in [0.4, 0.5) is 0 Å². The third-order valence-corrected chi connectivity index (χ3v) is 2.94. The molecule has 0 fully saturated rings. The molecule has 0 saturated carbocycles. The zero-order valence-electron chi connectivity index (χ0n) is 5.93. The zero-order chi connectivity index (χ0) is 7.98. The molecule has 0 spiro atoms. The Morgan fingerprint density at radius 2 is 2.50 bits per heavy atom. The van der Waals surface area contributed by atoms with Crippen molar-refractivity contribution in [1.29, 1.82) is 0 Å². The molecule has 0 amide bonds. The quantitative estimate of drug-likeness (QED) is 0.333. The van der Waals surface area contributed by atoms with E-state index < -0.39 is 0 Å². The molecule has 0 aromatic heterocycles. The fraction of sp³-hybridized carbons (Fsp3) is 0.429. The maximum atomic E-state index is 5.14. The first kappa shape index (κ1) is 10.3. The van der Waals surface area contributed by atoms with Gasteiger partial charge in [0.25, 0.3) is 0 Å². The Morgan fingerprint density at radius 1 is 1.90 bits per heavy atom. The molecule has 0 radical (unpaired) electrons. The van der Waals surface area contributed by atoms with Gasteiger partial charge in [0, 0.05) is 27.8 Å². The molecule has 1 nitrogen and oxygen atoms in total. The van der Waals surface area contributed by atoms with Gasteiger partial charge in [-0.15, -0.1) is 6.42 Å². The SMILES string of the molecule is C#CCN(CC(=C)C)SI. The van der Waals surface area contributed by atoms with Crippen LogP contribution in [0.2, 0.25) is 0 Å². The summed E-state index contributed by atoms with van der Waals surface area (Å²) in [6.07, 6.45) is 5.14. The van der Waals surface area contributed by atoms with Crippen LogP contribution < -0.4 is 0 Å². The van der Waals surface area contributed by atoms with Crippen LogP contribution in [-0.2, 0) is 0 Å². The summed E-state index contributed by atoms with van der Waals surface area (Å²) in [4.78, 5) is 0. The lowest BCUT2D eigenvalue weighted by atomic mass is 10.3. The van der Waals surface area contributed by atoms with Crippen molar-refractivity contribution < 1.29 is 0 Å².